The van der Waals surface area contributed by atoms with Crippen molar-refractivity contribution in [2.24, 2.45) is 17.8 Å². The third kappa shape index (κ3) is 11.2. The molecule has 0 spiro atoms. The van der Waals surface area contributed by atoms with Crippen molar-refractivity contribution in [3.8, 4) is 0 Å². The molecule has 0 amide bonds. The van der Waals surface area contributed by atoms with Crippen molar-refractivity contribution in [1.82, 2.24) is 0 Å². The van der Waals surface area contributed by atoms with Crippen LogP contribution in [0.25, 0.3) is 0 Å². The molecule has 218 valence electrons. The third-order valence-corrected chi connectivity index (χ3v) is 5.39. The zero-order valence-electron chi connectivity index (χ0n) is 17.6. The summed E-state index contributed by atoms with van der Waals surface area (Å²) in [5, 5.41) is 0. The van der Waals surface area contributed by atoms with Gasteiger partial charge in [0.1, 0.15) is 0 Å². The van der Waals surface area contributed by atoms with Crippen molar-refractivity contribution in [3.05, 3.63) is 0 Å². The van der Waals surface area contributed by atoms with Gasteiger partial charge in [-0.15, -0.1) is 12.6 Å². The number of hydrogen-bond acceptors (Lipinski definition) is 1. The summed E-state index contributed by atoms with van der Waals surface area (Å²) < 4.78 is 236. The van der Waals surface area contributed by atoms with Crippen LogP contribution in [0.3, 0.4) is 0 Å². The molecule has 5 unspecified atom stereocenters. The van der Waals surface area contributed by atoms with Gasteiger partial charge < -0.3 is 0 Å². The molecule has 0 heterocycles. The summed E-state index contributed by atoms with van der Waals surface area (Å²) in [6, 6.07) is 0. The molecule has 5 atom stereocenters. The minimum absolute atomic E-state index is 0.470. The summed E-state index contributed by atoms with van der Waals surface area (Å²) in [4.78, 5) is 0. The van der Waals surface area contributed by atoms with Crippen molar-refractivity contribution in [3.63, 3.8) is 0 Å². The molecule has 0 saturated carbocycles. The third-order valence-electron chi connectivity index (χ3n) is 5.03. The fourth-order valence-electron chi connectivity index (χ4n) is 3.21. The van der Waals surface area contributed by atoms with E-state index in [2.05, 4.69) is 12.6 Å². The molecule has 0 nitrogen and oxygen atoms in total. The van der Waals surface area contributed by atoms with Crippen LogP contribution >= 0.6 is 12.6 Å². The van der Waals surface area contributed by atoms with E-state index in [-0.39, 0.29) is 0 Å². The number of rotatable bonds is 11. The lowest BCUT2D eigenvalue weighted by Gasteiger charge is -2.34. The molecular weight excluding hydrogens is 578 g/mol. The molecular formula is C17H18F18S. The van der Waals surface area contributed by atoms with Crippen LogP contribution in [0, 0.1) is 17.8 Å². The Bertz CT molecular complexity index is 684. The standard InChI is InChI=1S/C17H18F18S/c1-11(19,17(33,34)35)5-13(22,23)6-12(20,21)4-8(15(27,28)29)2-7(14(24,25)26)3-9(10(18)36)16(30,31)32/h7-10,36H,2-6H2,1H3. The van der Waals surface area contributed by atoms with Gasteiger partial charge in [0.15, 0.2) is 5.50 Å². The van der Waals surface area contributed by atoms with Crippen molar-refractivity contribution < 1.29 is 79.0 Å². The fourth-order valence-corrected chi connectivity index (χ4v) is 3.50. The normalized spacial score (nSPS) is 20.0. The van der Waals surface area contributed by atoms with E-state index in [4.69, 9.17) is 0 Å². The second-order valence-electron chi connectivity index (χ2n) is 8.43. The molecule has 0 aromatic heterocycles. The average Bonchev–Trinajstić information content (AvgIpc) is 2.50. The summed E-state index contributed by atoms with van der Waals surface area (Å²) >= 11 is 2.68. The second-order valence-corrected chi connectivity index (χ2v) is 8.93. The number of alkyl halides is 18. The first-order valence-corrected chi connectivity index (χ1v) is 9.96. The van der Waals surface area contributed by atoms with Gasteiger partial charge >= 0.3 is 24.7 Å². The monoisotopic (exact) mass is 596 g/mol. The summed E-state index contributed by atoms with van der Waals surface area (Å²) in [6.45, 7) is -0.470. The Balaban J connectivity index is 5.96. The lowest BCUT2D eigenvalue weighted by atomic mass is 9.82. The van der Waals surface area contributed by atoms with Gasteiger partial charge in [-0.3, -0.25) is 0 Å². The molecule has 0 N–H and O–H groups in total. The average molecular weight is 596 g/mol. The zero-order valence-corrected chi connectivity index (χ0v) is 18.5. The van der Waals surface area contributed by atoms with Crippen molar-refractivity contribution in [2.75, 3.05) is 0 Å². The minimum atomic E-state index is -6.05. The first kappa shape index (κ1) is 35.1. The molecule has 36 heavy (non-hydrogen) atoms. The fraction of sp³-hybridized carbons (Fsp3) is 1.00. The highest BCUT2D eigenvalue weighted by Crippen LogP contribution is 2.50. The lowest BCUT2D eigenvalue weighted by molar-refractivity contribution is -0.254. The van der Waals surface area contributed by atoms with Crippen LogP contribution in [-0.4, -0.2) is 47.7 Å². The zero-order chi connectivity index (χ0) is 29.3. The summed E-state index contributed by atoms with van der Waals surface area (Å²) in [7, 11) is 0. The highest BCUT2D eigenvalue weighted by Gasteiger charge is 2.60. The van der Waals surface area contributed by atoms with E-state index in [0.717, 1.165) is 0 Å². The predicted octanol–water partition coefficient (Wildman–Crippen LogP) is 9.26. The maximum Gasteiger partial charge on any atom is 0.422 e. The van der Waals surface area contributed by atoms with Crippen LogP contribution in [0.5, 0.6) is 0 Å². The highest BCUT2D eigenvalue weighted by molar-refractivity contribution is 7.80. The van der Waals surface area contributed by atoms with E-state index in [1.165, 1.54) is 0 Å². The number of hydrogen-bond donors (Lipinski definition) is 1. The molecule has 0 saturated heterocycles. The predicted molar refractivity (Wildman–Crippen MR) is 91.1 cm³/mol. The minimum Gasteiger partial charge on any atom is -0.235 e. The first-order valence-electron chi connectivity index (χ1n) is 9.45. The van der Waals surface area contributed by atoms with Crippen molar-refractivity contribution in [2.45, 2.75) is 86.8 Å². The molecule has 0 fully saturated rings. The van der Waals surface area contributed by atoms with E-state index in [9.17, 15) is 79.0 Å². The van der Waals surface area contributed by atoms with E-state index >= 15 is 0 Å². The summed E-state index contributed by atoms with van der Waals surface area (Å²) in [6.07, 6.45) is -37.8. The van der Waals surface area contributed by atoms with Gasteiger partial charge in [-0.05, 0) is 19.8 Å². The molecule has 0 bridgehead atoms. The number of thiol groups is 1. The lowest BCUT2D eigenvalue weighted by Crippen LogP contribution is -2.45. The quantitative estimate of drug-likeness (QED) is 0.179. The van der Waals surface area contributed by atoms with Gasteiger partial charge in [0, 0.05) is 6.42 Å². The van der Waals surface area contributed by atoms with Gasteiger partial charge in [0.25, 0.3) is 11.8 Å². The van der Waals surface area contributed by atoms with Crippen LogP contribution in [0.4, 0.5) is 79.0 Å². The van der Waals surface area contributed by atoms with Crippen molar-refractivity contribution >= 4 is 12.6 Å². The van der Waals surface area contributed by atoms with Crippen molar-refractivity contribution in [1.29, 1.82) is 0 Å². The van der Waals surface area contributed by atoms with Gasteiger partial charge in [0.2, 0.25) is 5.67 Å². The largest absolute Gasteiger partial charge is 0.422 e. The van der Waals surface area contributed by atoms with Gasteiger partial charge in [-0.25, -0.2) is 26.3 Å². The molecule has 0 aromatic carbocycles. The van der Waals surface area contributed by atoms with Crippen LogP contribution in [0.2, 0.25) is 0 Å². The van der Waals surface area contributed by atoms with Crippen LogP contribution < -0.4 is 0 Å². The molecule has 0 aliphatic heterocycles. The van der Waals surface area contributed by atoms with E-state index in [1.807, 2.05) is 0 Å². The molecule has 0 aromatic rings. The van der Waals surface area contributed by atoms with Gasteiger partial charge in [-0.1, -0.05) is 0 Å². The Morgan fingerprint density at radius 1 is 0.556 bits per heavy atom. The molecule has 0 aliphatic carbocycles. The SMILES string of the molecule is CC(F)(CC(F)(F)CC(F)(F)CC(CC(CC(C(F)S)C(F)(F)F)C(F)(F)F)C(F)(F)F)C(F)(F)F. The number of halogens is 18. The highest BCUT2D eigenvalue weighted by atomic mass is 32.1. The smallest absolute Gasteiger partial charge is 0.235 e. The Kier molecular flexibility index (Phi) is 10.8. The van der Waals surface area contributed by atoms with Crippen LogP contribution in [0.15, 0.2) is 0 Å². The molecule has 0 rings (SSSR count). The van der Waals surface area contributed by atoms with E-state index in [0.29, 0.717) is 0 Å². The van der Waals surface area contributed by atoms with Gasteiger partial charge in [0.05, 0.1) is 30.6 Å². The first-order chi connectivity index (χ1) is 15.4. The Labute approximate surface area is 197 Å². The maximum absolute atomic E-state index is 14.0. The van der Waals surface area contributed by atoms with E-state index < -0.39 is 105 Å². The van der Waals surface area contributed by atoms with Gasteiger partial charge in [-0.2, -0.15) is 52.7 Å². The van der Waals surface area contributed by atoms with Crippen LogP contribution in [-0.2, 0) is 0 Å². The Morgan fingerprint density at radius 3 is 1.28 bits per heavy atom. The Hall–Kier alpha value is -0.910. The summed E-state index contributed by atoms with van der Waals surface area (Å²) in [5.74, 6) is -21.9. The molecule has 19 heteroatoms. The topological polar surface area (TPSA) is 0 Å². The molecule has 0 aliphatic rings. The van der Waals surface area contributed by atoms with E-state index in [1.54, 1.807) is 0 Å². The second kappa shape index (κ2) is 11.1. The molecule has 0 radical (unpaired) electrons. The Morgan fingerprint density at radius 2 is 0.972 bits per heavy atom. The summed E-state index contributed by atoms with van der Waals surface area (Å²) in [5.41, 5.74) is -8.14. The van der Waals surface area contributed by atoms with Crippen LogP contribution in [0.1, 0.15) is 39.0 Å². The maximum atomic E-state index is 14.0.